The molecule has 0 bridgehead atoms. The van der Waals surface area contributed by atoms with Gasteiger partial charge in [-0.3, -0.25) is 4.79 Å². The number of carboxylic acids is 1. The van der Waals surface area contributed by atoms with Crippen molar-refractivity contribution in [2.24, 2.45) is 0 Å². The van der Waals surface area contributed by atoms with E-state index in [0.717, 1.165) is 17.5 Å². The van der Waals surface area contributed by atoms with Crippen LogP contribution in [0, 0.1) is 0 Å². The molecule has 0 radical (unpaired) electrons. The minimum Gasteiger partial charge on any atom is -0.492 e. The van der Waals surface area contributed by atoms with E-state index in [4.69, 9.17) is 14.6 Å². The standard InChI is InChI=1S/C25H25FO4/c1-4-7-20(24(26)16(2)3)21-13-17(12-19-10-11-29-25(19)21)15-30-22-9-6-5-8-18(22)14-23(27)28/h4-9,12-13H,1,10-11,14-15H2,2-3H3,(H,27,28)/b20-7-. The molecule has 0 fully saturated rings. The molecule has 0 saturated heterocycles. The van der Waals surface area contributed by atoms with Crippen molar-refractivity contribution in [3.05, 3.63) is 88.8 Å². The molecule has 30 heavy (non-hydrogen) atoms. The third-order valence-corrected chi connectivity index (χ3v) is 4.80. The maximum Gasteiger partial charge on any atom is 0.307 e. The summed E-state index contributed by atoms with van der Waals surface area (Å²) in [5.74, 6) is -0.0121. The predicted molar refractivity (Wildman–Crippen MR) is 115 cm³/mol. The van der Waals surface area contributed by atoms with Crippen LogP contribution in [0.5, 0.6) is 11.5 Å². The number of para-hydroxylation sites is 1. The van der Waals surface area contributed by atoms with Crippen LogP contribution in [0.1, 0.15) is 36.1 Å². The molecule has 1 aliphatic rings. The molecule has 0 amide bonds. The largest absolute Gasteiger partial charge is 0.492 e. The lowest BCUT2D eigenvalue weighted by atomic mass is 9.95. The van der Waals surface area contributed by atoms with Crippen LogP contribution < -0.4 is 9.47 Å². The van der Waals surface area contributed by atoms with Crippen LogP contribution in [0.2, 0.25) is 0 Å². The molecule has 0 aromatic heterocycles. The SMILES string of the molecule is C=C/C=C(\C(F)=C(C)C)c1cc(COc2ccccc2CC(=O)O)cc2c1OCC2. The fourth-order valence-corrected chi connectivity index (χ4v) is 3.44. The molecule has 3 rings (SSSR count). The predicted octanol–water partition coefficient (Wildman–Crippen LogP) is 5.66. The van der Waals surface area contributed by atoms with E-state index in [2.05, 4.69) is 6.58 Å². The van der Waals surface area contributed by atoms with Gasteiger partial charge in [-0.25, -0.2) is 4.39 Å². The normalized spacial score (nSPS) is 12.7. The van der Waals surface area contributed by atoms with E-state index in [1.807, 2.05) is 12.1 Å². The van der Waals surface area contributed by atoms with Gasteiger partial charge < -0.3 is 14.6 Å². The van der Waals surface area contributed by atoms with Gasteiger partial charge in [0, 0.05) is 23.1 Å². The minimum absolute atomic E-state index is 0.114. The Hall–Kier alpha value is -3.34. The van der Waals surface area contributed by atoms with Gasteiger partial charge >= 0.3 is 5.97 Å². The highest BCUT2D eigenvalue weighted by atomic mass is 19.1. The zero-order valence-electron chi connectivity index (χ0n) is 17.2. The number of carbonyl (C=O) groups is 1. The maximum absolute atomic E-state index is 14.9. The monoisotopic (exact) mass is 408 g/mol. The maximum atomic E-state index is 14.9. The first-order valence-corrected chi connectivity index (χ1v) is 9.78. The highest BCUT2D eigenvalue weighted by Gasteiger charge is 2.22. The van der Waals surface area contributed by atoms with Crippen molar-refractivity contribution < 1.29 is 23.8 Å². The van der Waals surface area contributed by atoms with E-state index < -0.39 is 5.97 Å². The number of allylic oxidation sites excluding steroid dienone is 5. The number of carboxylic acid groups (broad SMARTS) is 1. The van der Waals surface area contributed by atoms with E-state index in [0.29, 0.717) is 40.4 Å². The van der Waals surface area contributed by atoms with Gasteiger partial charge in [0.1, 0.15) is 23.9 Å². The van der Waals surface area contributed by atoms with Crippen LogP contribution in [0.15, 0.2) is 66.5 Å². The molecule has 2 aromatic carbocycles. The van der Waals surface area contributed by atoms with Gasteiger partial charge in [0.05, 0.1) is 13.0 Å². The summed E-state index contributed by atoms with van der Waals surface area (Å²) in [5.41, 5.74) is 4.13. The quantitative estimate of drug-likeness (QED) is 0.573. The molecule has 0 spiro atoms. The lowest BCUT2D eigenvalue weighted by Crippen LogP contribution is -2.04. The molecule has 1 aliphatic heterocycles. The zero-order chi connectivity index (χ0) is 21.7. The number of aliphatic carboxylic acids is 1. The van der Waals surface area contributed by atoms with Crippen molar-refractivity contribution in [3.63, 3.8) is 0 Å². The Bertz CT molecular complexity index is 1030. The lowest BCUT2D eigenvalue weighted by molar-refractivity contribution is -0.136. The van der Waals surface area contributed by atoms with Crippen LogP contribution in [-0.2, 0) is 24.2 Å². The number of benzene rings is 2. The van der Waals surface area contributed by atoms with Gasteiger partial charge in [-0.1, -0.05) is 36.9 Å². The average molecular weight is 408 g/mol. The third kappa shape index (κ3) is 4.79. The van der Waals surface area contributed by atoms with Crippen molar-refractivity contribution in [1.82, 2.24) is 0 Å². The molecule has 5 heteroatoms. The second kappa shape index (κ2) is 9.44. The Labute approximate surface area is 176 Å². The third-order valence-electron chi connectivity index (χ3n) is 4.80. The molecule has 156 valence electrons. The van der Waals surface area contributed by atoms with Gasteiger partial charge in [-0.05, 0) is 48.7 Å². The molecular formula is C25H25FO4. The van der Waals surface area contributed by atoms with Crippen LogP contribution in [0.25, 0.3) is 5.57 Å². The number of fused-ring (bicyclic) bond motifs is 1. The van der Waals surface area contributed by atoms with Gasteiger partial charge in [0.15, 0.2) is 0 Å². The first-order valence-electron chi connectivity index (χ1n) is 9.78. The van der Waals surface area contributed by atoms with Crippen molar-refractivity contribution in [1.29, 1.82) is 0 Å². The Morgan fingerprint density at radius 2 is 2.07 bits per heavy atom. The highest BCUT2D eigenvalue weighted by molar-refractivity contribution is 5.83. The van der Waals surface area contributed by atoms with Crippen molar-refractivity contribution in [2.45, 2.75) is 33.3 Å². The lowest BCUT2D eigenvalue weighted by Gasteiger charge is -2.15. The molecule has 1 heterocycles. The van der Waals surface area contributed by atoms with Gasteiger partial charge in [-0.2, -0.15) is 0 Å². The van der Waals surface area contributed by atoms with Crippen molar-refractivity contribution >= 4 is 11.5 Å². The Morgan fingerprint density at radius 3 is 2.77 bits per heavy atom. The highest BCUT2D eigenvalue weighted by Crippen LogP contribution is 2.39. The molecule has 1 N–H and O–H groups in total. The summed E-state index contributed by atoms with van der Waals surface area (Å²) in [6.07, 6.45) is 3.83. The summed E-state index contributed by atoms with van der Waals surface area (Å²) in [6, 6.07) is 10.9. The summed E-state index contributed by atoms with van der Waals surface area (Å²) in [6.45, 7) is 7.94. The summed E-state index contributed by atoms with van der Waals surface area (Å²) in [4.78, 5) is 11.1. The van der Waals surface area contributed by atoms with Crippen LogP contribution >= 0.6 is 0 Å². The molecule has 2 aromatic rings. The van der Waals surface area contributed by atoms with Crippen LogP contribution in [-0.4, -0.2) is 17.7 Å². The molecule has 0 atom stereocenters. The van der Waals surface area contributed by atoms with Crippen LogP contribution in [0.3, 0.4) is 0 Å². The molecule has 0 unspecified atom stereocenters. The molecule has 0 aliphatic carbocycles. The number of halogens is 1. The molecule has 0 saturated carbocycles. The Balaban J connectivity index is 1.96. The second-order valence-corrected chi connectivity index (χ2v) is 7.33. The molecular weight excluding hydrogens is 383 g/mol. The van der Waals surface area contributed by atoms with Gasteiger partial charge in [-0.15, -0.1) is 0 Å². The van der Waals surface area contributed by atoms with E-state index in [1.54, 1.807) is 50.3 Å². The summed E-state index contributed by atoms with van der Waals surface area (Å²) >= 11 is 0. The van der Waals surface area contributed by atoms with E-state index in [1.165, 1.54) is 0 Å². The fourth-order valence-electron chi connectivity index (χ4n) is 3.44. The average Bonchev–Trinajstić information content (AvgIpc) is 3.18. The number of rotatable bonds is 8. The summed E-state index contributed by atoms with van der Waals surface area (Å²) < 4.78 is 26.6. The summed E-state index contributed by atoms with van der Waals surface area (Å²) in [7, 11) is 0. The second-order valence-electron chi connectivity index (χ2n) is 7.33. The fraction of sp³-hybridized carbons (Fsp3) is 0.240. The first-order chi connectivity index (χ1) is 14.4. The number of hydrogen-bond acceptors (Lipinski definition) is 3. The first kappa shape index (κ1) is 21.4. The van der Waals surface area contributed by atoms with Crippen molar-refractivity contribution in [2.75, 3.05) is 6.61 Å². The number of hydrogen-bond donors (Lipinski definition) is 1. The summed E-state index contributed by atoms with van der Waals surface area (Å²) in [5, 5.41) is 9.10. The Morgan fingerprint density at radius 1 is 1.30 bits per heavy atom. The van der Waals surface area contributed by atoms with Gasteiger partial charge in [0.2, 0.25) is 0 Å². The Kier molecular flexibility index (Phi) is 6.72. The molecule has 4 nitrogen and oxygen atoms in total. The minimum atomic E-state index is -0.917. The van der Waals surface area contributed by atoms with Crippen molar-refractivity contribution in [3.8, 4) is 11.5 Å². The number of ether oxygens (including phenoxy) is 2. The van der Waals surface area contributed by atoms with Gasteiger partial charge in [0.25, 0.3) is 0 Å². The zero-order valence-corrected chi connectivity index (χ0v) is 17.2. The van der Waals surface area contributed by atoms with E-state index in [9.17, 15) is 9.18 Å². The van der Waals surface area contributed by atoms with E-state index in [-0.39, 0.29) is 18.9 Å². The topological polar surface area (TPSA) is 55.8 Å². The van der Waals surface area contributed by atoms with E-state index >= 15 is 0 Å². The van der Waals surface area contributed by atoms with Crippen LogP contribution in [0.4, 0.5) is 4.39 Å². The smallest absolute Gasteiger partial charge is 0.307 e.